The predicted octanol–water partition coefficient (Wildman–Crippen LogP) is 4.01. The third-order valence-electron chi connectivity index (χ3n) is 4.16. The van der Waals surface area contributed by atoms with E-state index in [9.17, 15) is 4.79 Å². The van der Waals surface area contributed by atoms with Crippen LogP contribution in [0.3, 0.4) is 0 Å². The SMILES string of the molecule is O=C(C[C@H](c1ccccc1)c1cccc(Cl)c1)NCCc1cnccn1. The zero-order valence-corrected chi connectivity index (χ0v) is 15.1. The van der Waals surface area contributed by atoms with Crippen molar-refractivity contribution in [2.75, 3.05) is 6.54 Å². The highest BCUT2D eigenvalue weighted by Crippen LogP contribution is 2.29. The van der Waals surface area contributed by atoms with Gasteiger partial charge in [-0.05, 0) is 23.3 Å². The Balaban J connectivity index is 1.66. The van der Waals surface area contributed by atoms with Crippen LogP contribution in [0.4, 0.5) is 0 Å². The molecule has 0 aliphatic heterocycles. The highest BCUT2D eigenvalue weighted by molar-refractivity contribution is 6.30. The fraction of sp³-hybridized carbons (Fsp3) is 0.190. The molecule has 0 spiro atoms. The predicted molar refractivity (Wildman–Crippen MR) is 103 cm³/mol. The Bertz CT molecular complexity index is 840. The minimum Gasteiger partial charge on any atom is -0.356 e. The summed E-state index contributed by atoms with van der Waals surface area (Å²) in [5.41, 5.74) is 2.99. The first-order valence-corrected chi connectivity index (χ1v) is 8.92. The Morgan fingerprint density at radius 3 is 2.58 bits per heavy atom. The Hall–Kier alpha value is -2.72. The number of rotatable bonds is 7. The van der Waals surface area contributed by atoms with E-state index >= 15 is 0 Å². The van der Waals surface area contributed by atoms with Gasteiger partial charge in [-0.2, -0.15) is 0 Å². The average Bonchev–Trinajstić information content (AvgIpc) is 2.68. The maximum atomic E-state index is 12.5. The van der Waals surface area contributed by atoms with Gasteiger partial charge in [-0.1, -0.05) is 54.1 Å². The van der Waals surface area contributed by atoms with Crippen LogP contribution in [0.5, 0.6) is 0 Å². The van der Waals surface area contributed by atoms with Gasteiger partial charge in [0.1, 0.15) is 0 Å². The molecule has 3 rings (SSSR count). The molecule has 3 aromatic rings. The van der Waals surface area contributed by atoms with Crippen LogP contribution in [0.2, 0.25) is 5.02 Å². The van der Waals surface area contributed by atoms with Gasteiger partial charge < -0.3 is 5.32 Å². The minimum absolute atomic E-state index is 0.00252. The van der Waals surface area contributed by atoms with Gasteiger partial charge in [0.05, 0.1) is 5.69 Å². The molecule has 2 aromatic carbocycles. The maximum Gasteiger partial charge on any atom is 0.220 e. The van der Waals surface area contributed by atoms with Crippen molar-refractivity contribution in [1.29, 1.82) is 0 Å². The lowest BCUT2D eigenvalue weighted by Crippen LogP contribution is -2.27. The van der Waals surface area contributed by atoms with Gasteiger partial charge in [0.2, 0.25) is 5.91 Å². The molecular weight excluding hydrogens is 346 g/mol. The quantitative estimate of drug-likeness (QED) is 0.688. The van der Waals surface area contributed by atoms with E-state index in [2.05, 4.69) is 15.3 Å². The van der Waals surface area contributed by atoms with Crippen LogP contribution in [-0.2, 0) is 11.2 Å². The minimum atomic E-state index is -0.0357. The largest absolute Gasteiger partial charge is 0.356 e. The Kier molecular flexibility index (Phi) is 6.34. The molecular formula is C21H20ClN3O. The number of halogens is 1. The topological polar surface area (TPSA) is 54.9 Å². The molecule has 5 heteroatoms. The van der Waals surface area contributed by atoms with E-state index in [4.69, 9.17) is 11.6 Å². The number of hydrogen-bond acceptors (Lipinski definition) is 3. The molecule has 0 fully saturated rings. The number of nitrogens with one attached hydrogen (secondary N) is 1. The van der Waals surface area contributed by atoms with E-state index in [1.165, 1.54) is 0 Å². The van der Waals surface area contributed by atoms with E-state index in [1.54, 1.807) is 18.6 Å². The van der Waals surface area contributed by atoms with Crippen molar-refractivity contribution in [3.8, 4) is 0 Å². The molecule has 0 radical (unpaired) electrons. The summed E-state index contributed by atoms with van der Waals surface area (Å²) in [6, 6.07) is 17.7. The summed E-state index contributed by atoms with van der Waals surface area (Å²) >= 11 is 6.15. The van der Waals surface area contributed by atoms with E-state index in [0.29, 0.717) is 24.4 Å². The van der Waals surface area contributed by atoms with Crippen LogP contribution in [0, 0.1) is 0 Å². The first-order valence-electron chi connectivity index (χ1n) is 8.54. The number of carbonyl (C=O) groups excluding carboxylic acids is 1. The molecule has 0 saturated heterocycles. The van der Waals surface area contributed by atoms with Crippen LogP contribution >= 0.6 is 11.6 Å². The van der Waals surface area contributed by atoms with Crippen molar-refractivity contribution in [2.45, 2.75) is 18.8 Å². The highest BCUT2D eigenvalue weighted by Gasteiger charge is 2.18. The number of nitrogens with zero attached hydrogens (tertiary/aromatic N) is 2. The monoisotopic (exact) mass is 365 g/mol. The van der Waals surface area contributed by atoms with Gasteiger partial charge in [0.25, 0.3) is 0 Å². The summed E-state index contributed by atoms with van der Waals surface area (Å²) in [6.45, 7) is 0.536. The van der Waals surface area contributed by atoms with Crippen LogP contribution in [-0.4, -0.2) is 22.4 Å². The third-order valence-corrected chi connectivity index (χ3v) is 4.40. The van der Waals surface area contributed by atoms with E-state index < -0.39 is 0 Å². The second kappa shape index (κ2) is 9.11. The Labute approximate surface area is 158 Å². The molecule has 4 nitrogen and oxygen atoms in total. The summed E-state index contributed by atoms with van der Waals surface area (Å²) in [5.74, 6) is -0.0332. The van der Waals surface area contributed by atoms with E-state index in [1.807, 2.05) is 54.6 Å². The van der Waals surface area contributed by atoms with Crippen molar-refractivity contribution < 1.29 is 4.79 Å². The number of amides is 1. The molecule has 0 aliphatic rings. The number of benzene rings is 2. The van der Waals surface area contributed by atoms with Crippen LogP contribution in [0.15, 0.2) is 73.2 Å². The van der Waals surface area contributed by atoms with Crippen LogP contribution in [0.1, 0.15) is 29.2 Å². The van der Waals surface area contributed by atoms with Gasteiger partial charge in [0.15, 0.2) is 0 Å². The standard InChI is InChI=1S/C21H20ClN3O/c22-18-8-4-7-17(13-18)20(16-5-2-1-3-6-16)14-21(26)25-10-9-19-15-23-11-12-24-19/h1-8,11-13,15,20H,9-10,14H2,(H,25,26)/t20-/m1/s1. The van der Waals surface area contributed by atoms with E-state index in [-0.39, 0.29) is 11.8 Å². The molecule has 1 aromatic heterocycles. The molecule has 0 saturated carbocycles. The maximum absolute atomic E-state index is 12.5. The number of hydrogen-bond donors (Lipinski definition) is 1. The second-order valence-electron chi connectivity index (χ2n) is 6.02. The third kappa shape index (κ3) is 5.14. The fourth-order valence-electron chi connectivity index (χ4n) is 2.88. The molecule has 132 valence electrons. The molecule has 1 amide bonds. The average molecular weight is 366 g/mol. The first-order chi connectivity index (χ1) is 12.7. The van der Waals surface area contributed by atoms with Crippen LogP contribution < -0.4 is 5.32 Å². The van der Waals surface area contributed by atoms with Gasteiger partial charge in [-0.25, -0.2) is 0 Å². The van der Waals surface area contributed by atoms with Crippen molar-refractivity contribution in [2.24, 2.45) is 0 Å². The normalized spacial score (nSPS) is 11.7. The second-order valence-corrected chi connectivity index (χ2v) is 6.46. The van der Waals surface area contributed by atoms with Crippen molar-refractivity contribution >= 4 is 17.5 Å². The zero-order valence-electron chi connectivity index (χ0n) is 14.3. The molecule has 26 heavy (non-hydrogen) atoms. The zero-order chi connectivity index (χ0) is 18.2. The van der Waals surface area contributed by atoms with Gasteiger partial charge >= 0.3 is 0 Å². The smallest absolute Gasteiger partial charge is 0.220 e. The summed E-state index contributed by atoms with van der Waals surface area (Å²) in [7, 11) is 0. The number of aromatic nitrogens is 2. The lowest BCUT2D eigenvalue weighted by atomic mass is 9.88. The van der Waals surface area contributed by atoms with Gasteiger partial charge in [0, 0.05) is 48.9 Å². The fourth-order valence-corrected chi connectivity index (χ4v) is 3.08. The molecule has 0 aliphatic carbocycles. The molecule has 0 unspecified atom stereocenters. The van der Waals surface area contributed by atoms with Crippen molar-refractivity contribution in [3.63, 3.8) is 0 Å². The summed E-state index contributed by atoms with van der Waals surface area (Å²) < 4.78 is 0. The number of carbonyl (C=O) groups is 1. The van der Waals surface area contributed by atoms with Gasteiger partial charge in [-0.3, -0.25) is 14.8 Å². The lowest BCUT2D eigenvalue weighted by molar-refractivity contribution is -0.121. The van der Waals surface area contributed by atoms with Gasteiger partial charge in [-0.15, -0.1) is 0 Å². The van der Waals surface area contributed by atoms with Crippen molar-refractivity contribution in [1.82, 2.24) is 15.3 Å². The first kappa shape index (κ1) is 18.1. The summed E-state index contributed by atoms with van der Waals surface area (Å²) in [6.07, 6.45) is 6.03. The van der Waals surface area contributed by atoms with Crippen LogP contribution in [0.25, 0.3) is 0 Å². The Morgan fingerprint density at radius 2 is 1.85 bits per heavy atom. The van der Waals surface area contributed by atoms with Crippen molar-refractivity contribution in [3.05, 3.63) is 95.0 Å². The Morgan fingerprint density at radius 1 is 1.04 bits per heavy atom. The lowest BCUT2D eigenvalue weighted by Gasteiger charge is -2.18. The molecule has 1 atom stereocenters. The summed E-state index contributed by atoms with van der Waals surface area (Å²) in [4.78, 5) is 20.7. The highest BCUT2D eigenvalue weighted by atomic mass is 35.5. The summed E-state index contributed by atoms with van der Waals surface area (Å²) in [5, 5.41) is 3.65. The molecule has 0 bridgehead atoms. The van der Waals surface area contributed by atoms with E-state index in [0.717, 1.165) is 16.8 Å². The molecule has 1 N–H and O–H groups in total. The molecule has 1 heterocycles.